The van der Waals surface area contributed by atoms with E-state index in [0.717, 1.165) is 77.0 Å². The van der Waals surface area contributed by atoms with Crippen LogP contribution in [-0.2, 0) is 20.2 Å². The average molecular weight is 776 g/mol. The van der Waals surface area contributed by atoms with Gasteiger partial charge in [-0.3, -0.25) is 0 Å². The van der Waals surface area contributed by atoms with Crippen LogP contribution in [0.15, 0.2) is 0 Å². The maximum atomic E-state index is 11.3. The molecule has 0 aliphatic heterocycles. The predicted octanol–water partition coefficient (Wildman–Crippen LogP) is 10.4. The number of hydrogen-bond donors (Lipinski definition) is 0. The zero-order valence-electron chi connectivity index (χ0n) is 28.9. The Kier molecular flexibility index (Phi) is 39.4. The first-order valence-electron chi connectivity index (χ1n) is 17.9. The molecule has 0 aromatic heterocycles. The molecule has 0 aliphatic carbocycles. The first-order chi connectivity index (χ1) is 20.0. The van der Waals surface area contributed by atoms with Crippen LogP contribution in [0, 0.1) is 0 Å². The van der Waals surface area contributed by atoms with Crippen molar-refractivity contribution in [3.63, 3.8) is 0 Å². The normalized spacial score (nSPS) is 11.9. The Labute approximate surface area is 310 Å². The Bertz CT molecular complexity index is 663. The van der Waals surface area contributed by atoms with Gasteiger partial charge in [0.25, 0.3) is 0 Å². The minimum atomic E-state index is -4.11. The standard InChI is InChI=1S/2C17H36O3S.Ba/c2*1-3-5-7-9-11-13-15-17(21(18,19)20)16-14-12-10-8-6-4-2;/h2*17H,3-16H2,1-2H3,(H,18,19,20);/q;;+2/p-2. The van der Waals surface area contributed by atoms with Crippen LogP contribution in [0.5, 0.6) is 0 Å². The van der Waals surface area contributed by atoms with Gasteiger partial charge < -0.3 is 9.11 Å². The summed E-state index contributed by atoms with van der Waals surface area (Å²) in [5.41, 5.74) is 0. The van der Waals surface area contributed by atoms with Crippen molar-refractivity contribution < 1.29 is 25.9 Å². The summed E-state index contributed by atoms with van der Waals surface area (Å²) in [5.74, 6) is 0. The maximum Gasteiger partial charge on any atom is 2.00 e. The minimum absolute atomic E-state index is 0. The van der Waals surface area contributed by atoms with Gasteiger partial charge >= 0.3 is 48.9 Å². The molecule has 0 saturated heterocycles. The topological polar surface area (TPSA) is 114 Å². The Balaban J connectivity index is -0.000000727. The largest absolute Gasteiger partial charge is 2.00 e. The third-order valence-corrected chi connectivity index (χ3v) is 10.9. The van der Waals surface area contributed by atoms with Gasteiger partial charge in [0.2, 0.25) is 0 Å². The van der Waals surface area contributed by atoms with Crippen LogP contribution in [0.2, 0.25) is 0 Å². The monoisotopic (exact) mass is 776 g/mol. The van der Waals surface area contributed by atoms with Gasteiger partial charge in [0, 0.05) is 10.5 Å². The number of hydrogen-bond acceptors (Lipinski definition) is 6. The van der Waals surface area contributed by atoms with Gasteiger partial charge in [0.1, 0.15) is 0 Å². The molecule has 0 saturated carbocycles. The first-order valence-corrected chi connectivity index (χ1v) is 20.9. The van der Waals surface area contributed by atoms with Crippen molar-refractivity contribution in [2.45, 2.75) is 218 Å². The zero-order chi connectivity index (χ0) is 32.0. The predicted molar refractivity (Wildman–Crippen MR) is 185 cm³/mol. The third-order valence-electron chi connectivity index (χ3n) is 8.34. The van der Waals surface area contributed by atoms with Gasteiger partial charge in [-0.25, -0.2) is 16.8 Å². The van der Waals surface area contributed by atoms with Crippen molar-refractivity contribution in [1.29, 1.82) is 0 Å². The molecule has 0 aliphatic rings. The van der Waals surface area contributed by atoms with E-state index >= 15 is 0 Å². The fraction of sp³-hybridized carbons (Fsp3) is 1.00. The van der Waals surface area contributed by atoms with E-state index in [0.29, 0.717) is 25.7 Å². The van der Waals surface area contributed by atoms with Gasteiger partial charge in [-0.15, -0.1) is 0 Å². The molecule has 0 aromatic carbocycles. The van der Waals surface area contributed by atoms with Crippen molar-refractivity contribution in [2.24, 2.45) is 0 Å². The quantitative estimate of drug-likeness (QED) is 0.0408. The second-order valence-corrected chi connectivity index (χ2v) is 15.8. The molecule has 0 N–H and O–H groups in total. The van der Waals surface area contributed by atoms with Crippen molar-refractivity contribution in [3.8, 4) is 0 Å². The van der Waals surface area contributed by atoms with Crippen molar-refractivity contribution in [2.75, 3.05) is 0 Å². The fourth-order valence-corrected chi connectivity index (χ4v) is 7.30. The Hall–Kier alpha value is 1.39. The summed E-state index contributed by atoms with van der Waals surface area (Å²) in [7, 11) is -8.22. The minimum Gasteiger partial charge on any atom is -0.748 e. The SMILES string of the molecule is CCCCCCCCC(CCCCCCCC)S(=O)(=O)[O-].CCCCCCCCC(CCCCCCCC)S(=O)(=O)[O-].[Ba+2]. The molecular weight excluding hydrogens is 706 g/mol. The van der Waals surface area contributed by atoms with E-state index in [1.54, 1.807) is 0 Å². The molecule has 0 aromatic rings. The van der Waals surface area contributed by atoms with Gasteiger partial charge in [-0.1, -0.05) is 182 Å². The number of unbranched alkanes of at least 4 members (excludes halogenated alkanes) is 20. The van der Waals surface area contributed by atoms with Crippen LogP contribution in [0.25, 0.3) is 0 Å². The molecule has 0 heterocycles. The van der Waals surface area contributed by atoms with E-state index < -0.39 is 30.7 Å². The van der Waals surface area contributed by atoms with Crippen LogP contribution in [0.1, 0.15) is 207 Å². The van der Waals surface area contributed by atoms with Crippen molar-refractivity contribution in [3.05, 3.63) is 0 Å². The van der Waals surface area contributed by atoms with Gasteiger partial charge in [-0.2, -0.15) is 0 Å². The van der Waals surface area contributed by atoms with Crippen LogP contribution in [-0.4, -0.2) is 85.3 Å². The molecule has 0 atom stereocenters. The molecule has 6 nitrogen and oxygen atoms in total. The van der Waals surface area contributed by atoms with Crippen LogP contribution in [0.3, 0.4) is 0 Å². The average Bonchev–Trinajstić information content (AvgIpc) is 2.93. The van der Waals surface area contributed by atoms with Crippen molar-refractivity contribution >= 4 is 69.1 Å². The molecule has 0 fully saturated rings. The molecule has 43 heavy (non-hydrogen) atoms. The van der Waals surface area contributed by atoms with E-state index in [9.17, 15) is 25.9 Å². The van der Waals surface area contributed by atoms with Gasteiger partial charge in [0.15, 0.2) is 0 Å². The second kappa shape index (κ2) is 34.7. The molecule has 256 valence electrons. The smallest absolute Gasteiger partial charge is 0.748 e. The van der Waals surface area contributed by atoms with E-state index in [4.69, 9.17) is 0 Å². The zero-order valence-corrected chi connectivity index (χ0v) is 35.0. The molecule has 0 radical (unpaired) electrons. The van der Waals surface area contributed by atoms with Gasteiger partial charge in [-0.05, 0) is 25.7 Å². The summed E-state index contributed by atoms with van der Waals surface area (Å²) < 4.78 is 67.8. The van der Waals surface area contributed by atoms with E-state index in [1.165, 1.54) is 77.0 Å². The maximum absolute atomic E-state index is 11.3. The summed E-state index contributed by atoms with van der Waals surface area (Å²) in [5, 5.41) is -1.29. The molecule has 0 rings (SSSR count). The van der Waals surface area contributed by atoms with Crippen LogP contribution >= 0.6 is 0 Å². The summed E-state index contributed by atoms with van der Waals surface area (Å²) in [6.07, 6.45) is 29.4. The summed E-state index contributed by atoms with van der Waals surface area (Å²) in [6.45, 7) is 8.72. The first kappa shape index (κ1) is 48.8. The molecule has 9 heteroatoms. The van der Waals surface area contributed by atoms with Crippen LogP contribution in [0.4, 0.5) is 0 Å². The fourth-order valence-electron chi connectivity index (χ4n) is 5.48. The Morgan fingerprint density at radius 2 is 0.512 bits per heavy atom. The third kappa shape index (κ3) is 36.1. The summed E-state index contributed by atoms with van der Waals surface area (Å²) >= 11 is 0. The molecule has 0 unspecified atom stereocenters. The van der Waals surface area contributed by atoms with E-state index in [2.05, 4.69) is 27.7 Å². The van der Waals surface area contributed by atoms with Crippen LogP contribution < -0.4 is 0 Å². The molecule has 0 bridgehead atoms. The van der Waals surface area contributed by atoms with Gasteiger partial charge in [0.05, 0.1) is 20.2 Å². The second-order valence-electron chi connectivity index (χ2n) is 12.5. The summed E-state index contributed by atoms with van der Waals surface area (Å²) in [4.78, 5) is 0. The molecule has 0 spiro atoms. The number of rotatable bonds is 30. The van der Waals surface area contributed by atoms with E-state index in [-0.39, 0.29) is 48.9 Å². The van der Waals surface area contributed by atoms with E-state index in [1.807, 2.05) is 0 Å². The Morgan fingerprint density at radius 3 is 0.674 bits per heavy atom. The van der Waals surface area contributed by atoms with Crippen molar-refractivity contribution in [1.82, 2.24) is 0 Å². The molecular formula is C34H70BaO6S2. The molecule has 0 amide bonds. The Morgan fingerprint density at radius 1 is 0.349 bits per heavy atom. The summed E-state index contributed by atoms with van der Waals surface area (Å²) in [6, 6.07) is 0.